The number of rotatable bonds is 9. The van der Waals surface area contributed by atoms with Crippen LogP contribution in [0, 0.1) is 5.41 Å². The fourth-order valence-corrected chi connectivity index (χ4v) is 4.66. The molecule has 3 rings (SSSR count). The fourth-order valence-electron chi connectivity index (χ4n) is 3.29. The number of anilines is 1. The molecular formula is C26H30ClN3O3S. The minimum atomic E-state index is -0.469. The summed E-state index contributed by atoms with van der Waals surface area (Å²) < 4.78 is 1.66. The van der Waals surface area contributed by atoms with E-state index in [4.69, 9.17) is 16.6 Å². The Morgan fingerprint density at radius 2 is 1.88 bits per heavy atom. The Balaban J connectivity index is 1.96. The van der Waals surface area contributed by atoms with Crippen LogP contribution in [0.3, 0.4) is 0 Å². The second-order valence-corrected chi connectivity index (χ2v) is 10.6. The van der Waals surface area contributed by atoms with E-state index in [1.165, 1.54) is 11.8 Å². The Morgan fingerprint density at radius 3 is 2.56 bits per heavy atom. The van der Waals surface area contributed by atoms with Crippen molar-refractivity contribution in [2.45, 2.75) is 58.7 Å². The molecule has 8 heteroatoms. The molecule has 34 heavy (non-hydrogen) atoms. The van der Waals surface area contributed by atoms with Crippen molar-refractivity contribution in [3.05, 3.63) is 63.4 Å². The number of halogens is 1. The third-order valence-electron chi connectivity index (χ3n) is 5.42. The number of benzene rings is 2. The first-order chi connectivity index (χ1) is 16.1. The van der Waals surface area contributed by atoms with Crippen LogP contribution >= 0.6 is 23.4 Å². The number of nitrogens with one attached hydrogen (secondary N) is 1. The first-order valence-corrected chi connectivity index (χ1v) is 12.7. The Hall–Kier alpha value is -2.64. The molecule has 3 aromatic rings. The van der Waals surface area contributed by atoms with Crippen molar-refractivity contribution in [1.29, 1.82) is 0 Å². The number of carbonyl (C=O) groups is 2. The molecule has 0 fully saturated rings. The lowest BCUT2D eigenvalue weighted by Gasteiger charge is -2.17. The maximum Gasteiger partial charge on any atom is 0.262 e. The highest BCUT2D eigenvalue weighted by Gasteiger charge is 2.22. The Labute approximate surface area is 209 Å². The first-order valence-electron chi connectivity index (χ1n) is 11.4. The van der Waals surface area contributed by atoms with Crippen LogP contribution < -0.4 is 10.9 Å². The average Bonchev–Trinajstić information content (AvgIpc) is 2.78. The van der Waals surface area contributed by atoms with Gasteiger partial charge in [0.05, 0.1) is 16.7 Å². The van der Waals surface area contributed by atoms with Crippen LogP contribution in [0.2, 0.25) is 5.02 Å². The van der Waals surface area contributed by atoms with Gasteiger partial charge in [0.15, 0.2) is 5.16 Å². The van der Waals surface area contributed by atoms with E-state index in [2.05, 4.69) is 12.2 Å². The van der Waals surface area contributed by atoms with E-state index in [-0.39, 0.29) is 23.0 Å². The number of ketones is 1. The summed E-state index contributed by atoms with van der Waals surface area (Å²) in [4.78, 5) is 43.3. The number of nitrogens with zero attached hydrogens (tertiary/aromatic N) is 2. The molecule has 1 heterocycles. The Kier molecular flexibility index (Phi) is 8.55. The van der Waals surface area contributed by atoms with Crippen molar-refractivity contribution in [3.8, 4) is 0 Å². The normalized spacial score (nSPS) is 11.6. The molecule has 0 aliphatic rings. The lowest BCUT2D eigenvalue weighted by molar-refractivity contribution is -0.123. The molecule has 0 saturated carbocycles. The number of unbranched alkanes of at least 4 members (excludes halogenated alkanes) is 2. The highest BCUT2D eigenvalue weighted by molar-refractivity contribution is 7.99. The van der Waals surface area contributed by atoms with Crippen molar-refractivity contribution < 1.29 is 9.59 Å². The summed E-state index contributed by atoms with van der Waals surface area (Å²) in [5, 5.41) is 4.28. The van der Waals surface area contributed by atoms with Crippen molar-refractivity contribution >= 4 is 51.6 Å². The quantitative estimate of drug-likeness (QED) is 0.215. The third kappa shape index (κ3) is 6.48. The van der Waals surface area contributed by atoms with E-state index < -0.39 is 5.41 Å². The zero-order chi connectivity index (χ0) is 24.9. The van der Waals surface area contributed by atoms with Crippen LogP contribution in [0.25, 0.3) is 10.9 Å². The van der Waals surface area contributed by atoms with Gasteiger partial charge in [0.2, 0.25) is 0 Å². The zero-order valence-corrected chi connectivity index (χ0v) is 21.6. The third-order valence-corrected chi connectivity index (χ3v) is 6.63. The van der Waals surface area contributed by atoms with E-state index in [1.807, 2.05) is 20.8 Å². The maximum absolute atomic E-state index is 13.3. The standard InChI is InChI=1S/C26H30ClN3O3S/c1-5-6-7-13-30-24(33)20-12-11-17(23(32)28-19-10-8-9-18(27)15-19)14-21(20)29-25(30)34-16-22(31)26(2,3)4/h8-12,14-15H,5-7,13,16H2,1-4H3,(H,28,32). The average molecular weight is 500 g/mol. The largest absolute Gasteiger partial charge is 0.322 e. The van der Waals surface area contributed by atoms with Crippen molar-refractivity contribution in [2.75, 3.05) is 11.1 Å². The topological polar surface area (TPSA) is 81.1 Å². The highest BCUT2D eigenvalue weighted by Crippen LogP contribution is 2.24. The number of aromatic nitrogens is 2. The summed E-state index contributed by atoms with van der Waals surface area (Å²) in [6.45, 7) is 8.28. The highest BCUT2D eigenvalue weighted by atomic mass is 35.5. The number of carbonyl (C=O) groups excluding carboxylic acids is 2. The summed E-state index contributed by atoms with van der Waals surface area (Å²) in [6.07, 6.45) is 2.88. The molecule has 0 spiro atoms. The van der Waals surface area contributed by atoms with Crippen LogP contribution in [0.1, 0.15) is 57.3 Å². The molecule has 2 aromatic carbocycles. The summed E-state index contributed by atoms with van der Waals surface area (Å²) in [7, 11) is 0. The van der Waals surface area contributed by atoms with Crippen LogP contribution in [-0.4, -0.2) is 27.0 Å². The van der Waals surface area contributed by atoms with E-state index in [0.29, 0.717) is 38.9 Å². The molecule has 0 unspecified atom stereocenters. The molecule has 1 aromatic heterocycles. The summed E-state index contributed by atoms with van der Waals surface area (Å²) in [5.41, 5.74) is 0.761. The van der Waals surface area contributed by atoms with Crippen molar-refractivity contribution in [1.82, 2.24) is 9.55 Å². The molecule has 1 N–H and O–H groups in total. The second-order valence-electron chi connectivity index (χ2n) is 9.22. The minimum Gasteiger partial charge on any atom is -0.322 e. The van der Waals surface area contributed by atoms with Gasteiger partial charge in [-0.05, 0) is 42.8 Å². The lowest BCUT2D eigenvalue weighted by atomic mass is 9.92. The van der Waals surface area contributed by atoms with Gasteiger partial charge in [-0.15, -0.1) is 0 Å². The lowest BCUT2D eigenvalue weighted by Crippen LogP contribution is -2.26. The second kappa shape index (κ2) is 11.2. The SMILES string of the molecule is CCCCCn1c(SCC(=O)C(C)(C)C)nc2cc(C(=O)Nc3cccc(Cl)c3)ccc2c1=O. The molecule has 0 aliphatic carbocycles. The summed E-state index contributed by atoms with van der Waals surface area (Å²) in [5.74, 6) is -0.0127. The van der Waals surface area contributed by atoms with Crippen molar-refractivity contribution in [3.63, 3.8) is 0 Å². The minimum absolute atomic E-state index is 0.0848. The Bertz CT molecular complexity index is 1260. The molecule has 180 valence electrons. The van der Waals surface area contributed by atoms with Crippen LogP contribution in [0.4, 0.5) is 5.69 Å². The van der Waals surface area contributed by atoms with Gasteiger partial charge in [-0.2, -0.15) is 0 Å². The number of fused-ring (bicyclic) bond motifs is 1. The van der Waals surface area contributed by atoms with Gasteiger partial charge in [-0.1, -0.05) is 70.0 Å². The maximum atomic E-state index is 13.3. The molecule has 1 amide bonds. The van der Waals surface area contributed by atoms with Gasteiger partial charge in [0.1, 0.15) is 5.78 Å². The van der Waals surface area contributed by atoms with Gasteiger partial charge in [-0.25, -0.2) is 4.98 Å². The van der Waals surface area contributed by atoms with Crippen molar-refractivity contribution in [2.24, 2.45) is 5.41 Å². The van der Waals surface area contributed by atoms with Crippen LogP contribution in [0.5, 0.6) is 0 Å². The number of hydrogen-bond acceptors (Lipinski definition) is 5. The monoisotopic (exact) mass is 499 g/mol. The number of thioether (sulfide) groups is 1. The number of amides is 1. The molecule has 0 saturated heterocycles. The predicted octanol–water partition coefficient (Wildman–Crippen LogP) is 6.20. The first kappa shape index (κ1) is 26.0. The molecule has 0 bridgehead atoms. The molecule has 0 aliphatic heterocycles. The fraction of sp³-hybridized carbons (Fsp3) is 0.385. The van der Waals surface area contributed by atoms with E-state index in [0.717, 1.165) is 19.3 Å². The van der Waals surface area contributed by atoms with Gasteiger partial charge in [-0.3, -0.25) is 19.0 Å². The van der Waals surface area contributed by atoms with Gasteiger partial charge < -0.3 is 5.32 Å². The molecule has 0 radical (unpaired) electrons. The molecule has 0 atom stereocenters. The van der Waals surface area contributed by atoms with Crippen LogP contribution in [-0.2, 0) is 11.3 Å². The van der Waals surface area contributed by atoms with E-state index in [9.17, 15) is 14.4 Å². The van der Waals surface area contributed by atoms with Crippen LogP contribution in [0.15, 0.2) is 52.4 Å². The van der Waals surface area contributed by atoms with E-state index >= 15 is 0 Å². The summed E-state index contributed by atoms with van der Waals surface area (Å²) in [6, 6.07) is 11.8. The summed E-state index contributed by atoms with van der Waals surface area (Å²) >= 11 is 7.28. The predicted molar refractivity (Wildman–Crippen MR) is 140 cm³/mol. The van der Waals surface area contributed by atoms with Gasteiger partial charge in [0, 0.05) is 28.2 Å². The number of hydrogen-bond donors (Lipinski definition) is 1. The number of Topliss-reactive ketones (excluding diaryl/α,β-unsaturated/α-hetero) is 1. The zero-order valence-electron chi connectivity index (χ0n) is 20.0. The van der Waals surface area contributed by atoms with E-state index in [1.54, 1.807) is 47.0 Å². The Morgan fingerprint density at radius 1 is 1.12 bits per heavy atom. The molecule has 6 nitrogen and oxygen atoms in total. The molecular weight excluding hydrogens is 470 g/mol. The smallest absolute Gasteiger partial charge is 0.262 e. The van der Waals surface area contributed by atoms with Gasteiger partial charge >= 0.3 is 0 Å². The van der Waals surface area contributed by atoms with Gasteiger partial charge in [0.25, 0.3) is 11.5 Å².